The Hall–Kier alpha value is -1.33. The van der Waals surface area contributed by atoms with Crippen LogP contribution in [0.5, 0.6) is 0 Å². The van der Waals surface area contributed by atoms with E-state index in [-0.39, 0.29) is 0 Å². The minimum atomic E-state index is 0.558. The Morgan fingerprint density at radius 3 is 3.09 bits per heavy atom. The lowest BCUT2D eigenvalue weighted by Gasteiger charge is -1.97. The smallest absolute Gasteiger partial charge is 0.0728 e. The third-order valence-corrected chi connectivity index (χ3v) is 1.27. The average molecular weight is 147 g/mol. The number of methoxy groups -OCH3 is 1. The number of rotatable bonds is 2. The number of hydrogen-bond donors (Lipinski definition) is 0. The van der Waals surface area contributed by atoms with Gasteiger partial charge in [0.05, 0.1) is 6.61 Å². The summed E-state index contributed by atoms with van der Waals surface area (Å²) in [4.78, 5) is 3.95. The molecule has 2 nitrogen and oxygen atoms in total. The van der Waals surface area contributed by atoms with Crippen molar-refractivity contribution in [1.29, 1.82) is 0 Å². The molecule has 11 heavy (non-hydrogen) atoms. The van der Waals surface area contributed by atoms with Gasteiger partial charge in [-0.1, -0.05) is 5.92 Å². The fourth-order valence-corrected chi connectivity index (χ4v) is 0.812. The van der Waals surface area contributed by atoms with Crippen LogP contribution in [0.2, 0.25) is 0 Å². The zero-order valence-electron chi connectivity index (χ0n) is 6.37. The lowest BCUT2D eigenvalue weighted by molar-refractivity contribution is 0.184. The van der Waals surface area contributed by atoms with Gasteiger partial charge in [0.1, 0.15) is 0 Å². The van der Waals surface area contributed by atoms with Crippen molar-refractivity contribution in [2.45, 2.75) is 6.61 Å². The summed E-state index contributed by atoms with van der Waals surface area (Å²) >= 11 is 0. The van der Waals surface area contributed by atoms with Crippen molar-refractivity contribution in [2.24, 2.45) is 0 Å². The number of hydrogen-bond acceptors (Lipinski definition) is 2. The molecular formula is C9H9NO. The number of nitrogens with zero attached hydrogens (tertiary/aromatic N) is 1. The van der Waals surface area contributed by atoms with Crippen LogP contribution in [0.25, 0.3) is 0 Å². The first-order valence-corrected chi connectivity index (χ1v) is 3.26. The Bertz CT molecular complexity index is 275. The molecule has 0 aromatic carbocycles. The lowest BCUT2D eigenvalue weighted by Crippen LogP contribution is -1.89. The second kappa shape index (κ2) is 3.75. The summed E-state index contributed by atoms with van der Waals surface area (Å²) in [5, 5.41) is 0. The predicted octanol–water partition coefficient (Wildman–Crippen LogP) is 1.21. The third kappa shape index (κ3) is 2.06. The van der Waals surface area contributed by atoms with E-state index in [1.807, 2.05) is 6.07 Å². The molecule has 0 unspecified atom stereocenters. The molecule has 0 saturated carbocycles. The van der Waals surface area contributed by atoms with Crippen molar-refractivity contribution in [2.75, 3.05) is 7.11 Å². The lowest BCUT2D eigenvalue weighted by atomic mass is 10.2. The van der Waals surface area contributed by atoms with E-state index in [1.54, 1.807) is 19.5 Å². The van der Waals surface area contributed by atoms with Crippen molar-refractivity contribution < 1.29 is 4.74 Å². The molecule has 0 N–H and O–H groups in total. The summed E-state index contributed by atoms with van der Waals surface area (Å²) < 4.78 is 4.92. The van der Waals surface area contributed by atoms with Gasteiger partial charge in [-0.15, -0.1) is 6.42 Å². The minimum absolute atomic E-state index is 0.558. The summed E-state index contributed by atoms with van der Waals surface area (Å²) in [6.07, 6.45) is 8.58. The second-order valence-electron chi connectivity index (χ2n) is 2.16. The van der Waals surface area contributed by atoms with Crippen molar-refractivity contribution in [3.8, 4) is 12.3 Å². The van der Waals surface area contributed by atoms with Crippen LogP contribution in [-0.4, -0.2) is 12.1 Å². The Morgan fingerprint density at radius 2 is 2.45 bits per heavy atom. The first kappa shape index (κ1) is 7.77. The SMILES string of the molecule is C#Cc1cncc(COC)c1. The molecule has 0 amide bonds. The van der Waals surface area contributed by atoms with Crippen LogP contribution in [0.3, 0.4) is 0 Å². The number of terminal acetylenes is 1. The maximum atomic E-state index is 5.18. The zero-order chi connectivity index (χ0) is 8.10. The molecule has 1 aromatic rings. The topological polar surface area (TPSA) is 22.1 Å². The largest absolute Gasteiger partial charge is 0.380 e. The fourth-order valence-electron chi connectivity index (χ4n) is 0.812. The van der Waals surface area contributed by atoms with E-state index in [9.17, 15) is 0 Å². The highest BCUT2D eigenvalue weighted by Gasteiger charge is 1.92. The Morgan fingerprint density at radius 1 is 1.64 bits per heavy atom. The summed E-state index contributed by atoms with van der Waals surface area (Å²) in [5.74, 6) is 2.51. The van der Waals surface area contributed by atoms with Crippen molar-refractivity contribution >= 4 is 0 Å². The molecule has 0 saturated heterocycles. The molecule has 0 spiro atoms. The number of aromatic nitrogens is 1. The molecule has 0 aliphatic carbocycles. The van der Waals surface area contributed by atoms with Gasteiger partial charge in [0.15, 0.2) is 0 Å². The van der Waals surface area contributed by atoms with Crippen LogP contribution >= 0.6 is 0 Å². The summed E-state index contributed by atoms with van der Waals surface area (Å²) in [6.45, 7) is 0.558. The molecule has 56 valence electrons. The van der Waals surface area contributed by atoms with E-state index in [0.29, 0.717) is 6.61 Å². The van der Waals surface area contributed by atoms with E-state index >= 15 is 0 Å². The quantitative estimate of drug-likeness (QED) is 0.586. The van der Waals surface area contributed by atoms with Gasteiger partial charge in [-0.25, -0.2) is 0 Å². The van der Waals surface area contributed by atoms with Crippen LogP contribution in [0, 0.1) is 12.3 Å². The van der Waals surface area contributed by atoms with Gasteiger partial charge in [-0.05, 0) is 11.6 Å². The van der Waals surface area contributed by atoms with Gasteiger partial charge < -0.3 is 4.74 Å². The first-order valence-electron chi connectivity index (χ1n) is 3.26. The van der Waals surface area contributed by atoms with Crippen LogP contribution < -0.4 is 0 Å². The maximum Gasteiger partial charge on any atom is 0.0728 e. The van der Waals surface area contributed by atoms with E-state index in [4.69, 9.17) is 11.2 Å². The molecule has 1 aromatic heterocycles. The van der Waals surface area contributed by atoms with E-state index < -0.39 is 0 Å². The van der Waals surface area contributed by atoms with Crippen LogP contribution in [0.1, 0.15) is 11.1 Å². The number of pyridine rings is 1. The van der Waals surface area contributed by atoms with Crippen molar-refractivity contribution in [1.82, 2.24) is 4.98 Å². The van der Waals surface area contributed by atoms with Crippen LogP contribution in [0.4, 0.5) is 0 Å². The molecule has 0 bridgehead atoms. The molecule has 0 radical (unpaired) electrons. The van der Waals surface area contributed by atoms with Gasteiger partial charge in [-0.2, -0.15) is 0 Å². The third-order valence-electron chi connectivity index (χ3n) is 1.27. The summed E-state index contributed by atoms with van der Waals surface area (Å²) in [7, 11) is 1.64. The monoisotopic (exact) mass is 147 g/mol. The van der Waals surface area contributed by atoms with E-state index in [0.717, 1.165) is 11.1 Å². The van der Waals surface area contributed by atoms with Gasteiger partial charge >= 0.3 is 0 Å². The average Bonchev–Trinajstić information content (AvgIpc) is 2.06. The molecule has 0 fully saturated rings. The van der Waals surface area contributed by atoms with Gasteiger partial charge in [0, 0.05) is 25.1 Å². The minimum Gasteiger partial charge on any atom is -0.380 e. The molecule has 0 aliphatic rings. The fraction of sp³-hybridized carbons (Fsp3) is 0.222. The van der Waals surface area contributed by atoms with Crippen LogP contribution in [-0.2, 0) is 11.3 Å². The first-order chi connectivity index (χ1) is 5.36. The number of ether oxygens (including phenoxy) is 1. The normalized spacial score (nSPS) is 9.09. The standard InChI is InChI=1S/C9H9NO/c1-3-8-4-9(7-11-2)6-10-5-8/h1,4-6H,7H2,2H3. The van der Waals surface area contributed by atoms with Crippen molar-refractivity contribution in [3.63, 3.8) is 0 Å². The Labute approximate surface area is 66.2 Å². The summed E-state index contributed by atoms with van der Waals surface area (Å²) in [6, 6.07) is 1.89. The molecule has 0 aliphatic heterocycles. The van der Waals surface area contributed by atoms with Crippen molar-refractivity contribution in [3.05, 3.63) is 29.6 Å². The molecular weight excluding hydrogens is 138 g/mol. The highest BCUT2D eigenvalue weighted by atomic mass is 16.5. The molecule has 0 atom stereocenters. The van der Waals surface area contributed by atoms with Gasteiger partial charge in [0.2, 0.25) is 0 Å². The zero-order valence-corrected chi connectivity index (χ0v) is 6.37. The predicted molar refractivity (Wildman–Crippen MR) is 42.9 cm³/mol. The second-order valence-corrected chi connectivity index (χ2v) is 2.16. The molecule has 1 heterocycles. The van der Waals surface area contributed by atoms with Gasteiger partial charge in [-0.3, -0.25) is 4.98 Å². The highest BCUT2D eigenvalue weighted by molar-refractivity contribution is 5.31. The summed E-state index contributed by atoms with van der Waals surface area (Å²) in [5.41, 5.74) is 1.79. The van der Waals surface area contributed by atoms with Gasteiger partial charge in [0.25, 0.3) is 0 Å². The Balaban J connectivity index is 2.85. The maximum absolute atomic E-state index is 5.18. The molecule has 1 rings (SSSR count). The highest BCUT2D eigenvalue weighted by Crippen LogP contribution is 2.01. The van der Waals surface area contributed by atoms with E-state index in [2.05, 4.69) is 10.9 Å². The van der Waals surface area contributed by atoms with E-state index in [1.165, 1.54) is 0 Å². The Kier molecular flexibility index (Phi) is 2.65. The van der Waals surface area contributed by atoms with Crippen LogP contribution in [0.15, 0.2) is 18.5 Å². The molecule has 2 heteroatoms.